The second-order valence-electron chi connectivity index (χ2n) is 7.86. The summed E-state index contributed by atoms with van der Waals surface area (Å²) in [6.45, 7) is 5.27. The highest BCUT2D eigenvalue weighted by atomic mass is 16.5. The van der Waals surface area contributed by atoms with Crippen molar-refractivity contribution in [2.45, 2.75) is 38.5 Å². The summed E-state index contributed by atoms with van der Waals surface area (Å²) >= 11 is 0. The molecule has 0 radical (unpaired) electrons. The molecule has 2 aromatic carbocycles. The molecule has 31 heavy (non-hydrogen) atoms. The smallest absolute Gasteiger partial charge is 0.325 e. The molecule has 4 rings (SSSR count). The van der Waals surface area contributed by atoms with E-state index >= 15 is 0 Å². The Morgan fingerprint density at radius 3 is 2.81 bits per heavy atom. The third-order valence-corrected chi connectivity index (χ3v) is 5.31. The van der Waals surface area contributed by atoms with Gasteiger partial charge in [-0.3, -0.25) is 4.79 Å². The van der Waals surface area contributed by atoms with Crippen molar-refractivity contribution in [2.24, 2.45) is 0 Å². The lowest BCUT2D eigenvalue weighted by Crippen LogP contribution is -2.54. The molecular formula is C23H23N3O5. The predicted octanol–water partition coefficient (Wildman–Crippen LogP) is 3.34. The molecule has 2 atom stereocenters. The minimum Gasteiger partial charge on any atom is -0.485 e. The predicted molar refractivity (Wildman–Crippen MR) is 113 cm³/mol. The number of carbonyl (C=O) groups is 1. The summed E-state index contributed by atoms with van der Waals surface area (Å²) in [5.74, 6) is 0.0310. The van der Waals surface area contributed by atoms with Crippen LogP contribution in [0.25, 0.3) is 11.1 Å². The van der Waals surface area contributed by atoms with Gasteiger partial charge in [-0.15, -0.1) is 0 Å². The number of ether oxygens (including phenoxy) is 2. The van der Waals surface area contributed by atoms with Gasteiger partial charge in [0.25, 0.3) is 6.01 Å². The number of fused-ring (bicyclic) bond motifs is 2. The number of aliphatic hydroxyl groups is 1. The maximum Gasteiger partial charge on any atom is 0.325 e. The fourth-order valence-corrected chi connectivity index (χ4v) is 3.79. The Balaban J connectivity index is 1.88. The summed E-state index contributed by atoms with van der Waals surface area (Å²) in [4.78, 5) is 18.6. The van der Waals surface area contributed by atoms with Crippen LogP contribution in [0.2, 0.25) is 0 Å². The first kappa shape index (κ1) is 20.7. The van der Waals surface area contributed by atoms with Crippen molar-refractivity contribution in [1.29, 1.82) is 5.26 Å². The van der Waals surface area contributed by atoms with Gasteiger partial charge in [-0.05, 0) is 51.1 Å². The zero-order chi connectivity index (χ0) is 22.2. The van der Waals surface area contributed by atoms with E-state index in [1.165, 1.54) is 0 Å². The van der Waals surface area contributed by atoms with E-state index in [0.29, 0.717) is 28.0 Å². The number of para-hydroxylation sites is 2. The van der Waals surface area contributed by atoms with Gasteiger partial charge >= 0.3 is 5.97 Å². The second kappa shape index (κ2) is 7.93. The van der Waals surface area contributed by atoms with Crippen molar-refractivity contribution in [3.63, 3.8) is 0 Å². The number of benzene rings is 2. The lowest BCUT2D eigenvalue weighted by atomic mass is 9.85. The molecule has 1 aliphatic rings. The van der Waals surface area contributed by atoms with Gasteiger partial charge in [0.2, 0.25) is 0 Å². The van der Waals surface area contributed by atoms with Gasteiger partial charge in [-0.25, -0.2) is 0 Å². The fourth-order valence-electron chi connectivity index (χ4n) is 3.79. The van der Waals surface area contributed by atoms with Crippen LogP contribution in [0.4, 0.5) is 6.01 Å². The number of aromatic nitrogens is 1. The van der Waals surface area contributed by atoms with Crippen molar-refractivity contribution in [3.8, 4) is 11.8 Å². The molecule has 1 N–H and O–H groups in total. The summed E-state index contributed by atoms with van der Waals surface area (Å²) in [5.41, 5.74) is 1.19. The average molecular weight is 421 g/mol. The van der Waals surface area contributed by atoms with Crippen LogP contribution in [0.1, 0.15) is 37.9 Å². The summed E-state index contributed by atoms with van der Waals surface area (Å²) in [7, 11) is 0. The minimum atomic E-state index is -1.06. The molecule has 0 saturated carbocycles. The highest BCUT2D eigenvalue weighted by Crippen LogP contribution is 2.44. The number of nitrogens with zero attached hydrogens (tertiary/aromatic N) is 3. The van der Waals surface area contributed by atoms with Gasteiger partial charge < -0.3 is 23.9 Å². The van der Waals surface area contributed by atoms with E-state index < -0.39 is 23.7 Å². The first-order valence-corrected chi connectivity index (χ1v) is 10.0. The van der Waals surface area contributed by atoms with Gasteiger partial charge in [-0.1, -0.05) is 12.1 Å². The maximum absolute atomic E-state index is 12.5. The first-order chi connectivity index (χ1) is 14.8. The summed E-state index contributed by atoms with van der Waals surface area (Å²) < 4.78 is 17.1. The van der Waals surface area contributed by atoms with Crippen molar-refractivity contribution in [2.75, 3.05) is 18.1 Å². The SMILES string of the molecule is CCOC(=O)CN(c1nc2ccccc2o1)[C@H]1c2cc(C#N)ccc2OC(C)(C)[C@@H]1O. The number of oxazole rings is 1. The quantitative estimate of drug-likeness (QED) is 0.625. The number of hydrogen-bond acceptors (Lipinski definition) is 8. The van der Waals surface area contributed by atoms with E-state index in [9.17, 15) is 15.2 Å². The van der Waals surface area contributed by atoms with E-state index in [1.807, 2.05) is 12.1 Å². The Bertz CT molecular complexity index is 1130. The van der Waals surface area contributed by atoms with Crippen LogP contribution in [0.5, 0.6) is 5.75 Å². The Hall–Kier alpha value is -3.57. The minimum absolute atomic E-state index is 0.171. The summed E-state index contributed by atoms with van der Waals surface area (Å²) in [6.07, 6.45) is -1.06. The lowest BCUT2D eigenvalue weighted by Gasteiger charge is -2.45. The topological polar surface area (TPSA) is 109 Å². The molecule has 3 aromatic rings. The van der Waals surface area contributed by atoms with Crippen LogP contribution < -0.4 is 9.64 Å². The van der Waals surface area contributed by atoms with Crippen LogP contribution in [0.3, 0.4) is 0 Å². The molecule has 8 heteroatoms. The van der Waals surface area contributed by atoms with Crippen molar-refractivity contribution < 1.29 is 23.8 Å². The standard InChI is InChI=1S/C23H23N3O5/c1-4-29-19(27)13-26(22-25-16-7-5-6-8-18(16)30-22)20-15-11-14(12-24)9-10-17(15)31-23(2,3)21(20)28/h5-11,20-21,28H,4,13H2,1-3H3/t20-,21+/m0/s1. The number of aliphatic hydroxyl groups excluding tert-OH is 1. The largest absolute Gasteiger partial charge is 0.485 e. The van der Waals surface area contributed by atoms with E-state index in [2.05, 4.69) is 11.1 Å². The van der Waals surface area contributed by atoms with Gasteiger partial charge in [0.15, 0.2) is 5.58 Å². The van der Waals surface area contributed by atoms with Crippen LogP contribution >= 0.6 is 0 Å². The maximum atomic E-state index is 12.5. The van der Waals surface area contributed by atoms with Crippen molar-refractivity contribution >= 4 is 23.1 Å². The molecule has 0 unspecified atom stereocenters. The Morgan fingerprint density at radius 1 is 1.32 bits per heavy atom. The van der Waals surface area contributed by atoms with Gasteiger partial charge in [0.1, 0.15) is 29.5 Å². The molecular weight excluding hydrogens is 398 g/mol. The van der Waals surface area contributed by atoms with E-state index in [1.54, 1.807) is 56.0 Å². The number of esters is 1. The Kier molecular flexibility index (Phi) is 5.29. The molecule has 0 aliphatic carbocycles. The monoisotopic (exact) mass is 421 g/mol. The van der Waals surface area contributed by atoms with Crippen molar-refractivity contribution in [3.05, 3.63) is 53.6 Å². The zero-order valence-electron chi connectivity index (χ0n) is 17.5. The number of rotatable bonds is 5. The Labute approximate surface area is 179 Å². The van der Waals surface area contributed by atoms with Gasteiger partial charge in [0.05, 0.1) is 24.3 Å². The van der Waals surface area contributed by atoms with Crippen LogP contribution in [0, 0.1) is 11.3 Å². The highest BCUT2D eigenvalue weighted by Gasteiger charge is 2.47. The molecule has 8 nitrogen and oxygen atoms in total. The number of carbonyl (C=O) groups excluding carboxylic acids is 1. The van der Waals surface area contributed by atoms with Crippen LogP contribution in [-0.2, 0) is 9.53 Å². The summed E-state index contributed by atoms with van der Waals surface area (Å²) in [5, 5.41) is 20.7. The molecule has 0 amide bonds. The van der Waals surface area contributed by atoms with Crippen molar-refractivity contribution in [1.82, 2.24) is 4.98 Å². The van der Waals surface area contributed by atoms with E-state index in [0.717, 1.165) is 0 Å². The summed E-state index contributed by atoms with van der Waals surface area (Å²) in [6, 6.07) is 13.8. The van der Waals surface area contributed by atoms with Gasteiger partial charge in [0, 0.05) is 5.56 Å². The van der Waals surface area contributed by atoms with E-state index in [-0.39, 0.29) is 19.2 Å². The molecule has 1 aromatic heterocycles. The normalized spacial score (nSPS) is 19.2. The van der Waals surface area contributed by atoms with Crippen LogP contribution in [0.15, 0.2) is 46.9 Å². The molecule has 2 heterocycles. The number of hydrogen-bond donors (Lipinski definition) is 1. The molecule has 0 bridgehead atoms. The number of nitriles is 1. The molecule has 0 spiro atoms. The molecule has 1 aliphatic heterocycles. The number of anilines is 1. The Morgan fingerprint density at radius 2 is 2.10 bits per heavy atom. The fraction of sp³-hybridized carbons (Fsp3) is 0.348. The molecule has 0 fully saturated rings. The zero-order valence-corrected chi connectivity index (χ0v) is 17.5. The first-order valence-electron chi connectivity index (χ1n) is 10.0. The molecule has 160 valence electrons. The van der Waals surface area contributed by atoms with E-state index in [4.69, 9.17) is 13.9 Å². The average Bonchev–Trinajstić information content (AvgIpc) is 3.17. The third kappa shape index (κ3) is 3.80. The van der Waals surface area contributed by atoms with Gasteiger partial charge in [-0.2, -0.15) is 10.2 Å². The highest BCUT2D eigenvalue weighted by molar-refractivity contribution is 5.78. The molecule has 0 saturated heterocycles. The van der Waals surface area contributed by atoms with Crippen LogP contribution in [-0.4, -0.2) is 40.9 Å². The third-order valence-electron chi connectivity index (χ3n) is 5.31. The second-order valence-corrected chi connectivity index (χ2v) is 7.86. The lowest BCUT2D eigenvalue weighted by molar-refractivity contribution is -0.142.